The Labute approximate surface area is 229 Å². The number of benzene rings is 1. The van der Waals surface area contributed by atoms with Crippen LogP contribution < -0.4 is 14.4 Å². The van der Waals surface area contributed by atoms with Crippen molar-refractivity contribution in [2.45, 2.75) is 12.8 Å². The number of fused-ring (bicyclic) bond motifs is 1. The van der Waals surface area contributed by atoms with Crippen LogP contribution in [0.2, 0.25) is 5.02 Å². The Balaban J connectivity index is 1.51. The summed E-state index contributed by atoms with van der Waals surface area (Å²) >= 11 is 6.49. The third kappa shape index (κ3) is 7.56. The number of halogens is 1. The molecular weight excluding hydrogens is 529 g/mol. The molecule has 206 valence electrons. The van der Waals surface area contributed by atoms with Crippen LogP contribution in [0.15, 0.2) is 36.7 Å². The minimum atomic E-state index is -2.54. The lowest BCUT2D eigenvalue weighted by Gasteiger charge is -2.23. The van der Waals surface area contributed by atoms with Crippen LogP contribution in [0.5, 0.6) is 11.5 Å². The molecule has 0 aliphatic carbocycles. The van der Waals surface area contributed by atoms with E-state index >= 15 is 0 Å². The average Bonchev–Trinajstić information content (AvgIpc) is 3.17. The summed E-state index contributed by atoms with van der Waals surface area (Å²) in [5.74, 6) is 1.26. The molecule has 0 amide bonds. The van der Waals surface area contributed by atoms with Crippen LogP contribution in [0.3, 0.4) is 0 Å². The first-order valence-electron chi connectivity index (χ1n) is 12.7. The molecule has 10 nitrogen and oxygen atoms in total. The van der Waals surface area contributed by atoms with Crippen LogP contribution in [0, 0.1) is 0 Å². The van der Waals surface area contributed by atoms with E-state index in [1.807, 2.05) is 43.0 Å². The number of ether oxygens (including phenoxy) is 2. The first kappa shape index (κ1) is 28.5. The zero-order valence-corrected chi connectivity index (χ0v) is 23.8. The second-order valence-electron chi connectivity index (χ2n) is 9.52. The highest BCUT2D eigenvalue weighted by atomic mass is 35.5. The number of nitrogens with zero attached hydrogens (tertiary/aromatic N) is 5. The standard InChI is InChI=1S/C26H35ClN5O5P/c1-29(2)7-5-14-36-24-18-25(35-3)22(27)17-21(24)23-19-32-10-6-20(16-26(32)28-23)31-9-4-8-30(11-12-31)13-15-37-38(33)34/h6,10,16-19H,4-5,7-9,11-15H2,1-3H3/p+1. The first-order chi connectivity index (χ1) is 18.3. The van der Waals surface area contributed by atoms with E-state index in [-0.39, 0.29) is 6.61 Å². The number of hydrogen-bond acceptors (Lipinski definition) is 8. The van der Waals surface area contributed by atoms with Crippen LogP contribution >= 0.6 is 19.9 Å². The molecule has 1 aliphatic rings. The lowest BCUT2D eigenvalue weighted by Crippen LogP contribution is -2.32. The Hall–Kier alpha value is -2.46. The van der Waals surface area contributed by atoms with E-state index in [0.29, 0.717) is 29.7 Å². The van der Waals surface area contributed by atoms with E-state index in [0.717, 1.165) is 68.2 Å². The number of pyridine rings is 1. The van der Waals surface area contributed by atoms with Gasteiger partial charge in [-0.1, -0.05) is 11.6 Å². The van der Waals surface area contributed by atoms with Crippen molar-refractivity contribution >= 4 is 31.2 Å². The SMILES string of the molecule is COc1cc(OCCCN(C)C)c(-c2cn3ccc(N4CCCN(CCO[P+](=O)O)CC4)cc3n2)cc1Cl. The van der Waals surface area contributed by atoms with Crippen molar-refractivity contribution in [3.05, 3.63) is 41.7 Å². The molecule has 1 unspecified atom stereocenters. The smallest absolute Gasteiger partial charge is 0.495 e. The van der Waals surface area contributed by atoms with Gasteiger partial charge in [-0.15, -0.1) is 9.42 Å². The predicted octanol–water partition coefficient (Wildman–Crippen LogP) is 4.17. The molecule has 0 radical (unpaired) electrons. The van der Waals surface area contributed by atoms with Crippen molar-refractivity contribution in [3.63, 3.8) is 0 Å². The molecular formula is C26H36ClN5O5P+. The molecule has 1 N–H and O–H groups in total. The Bertz CT molecular complexity index is 1240. The van der Waals surface area contributed by atoms with E-state index in [2.05, 4.69) is 26.8 Å². The first-order valence-corrected chi connectivity index (χ1v) is 14.3. The summed E-state index contributed by atoms with van der Waals surface area (Å²) in [6.45, 7) is 5.96. The second kappa shape index (κ2) is 13.6. The van der Waals surface area contributed by atoms with Gasteiger partial charge < -0.3 is 23.7 Å². The van der Waals surface area contributed by atoms with Gasteiger partial charge in [0.05, 0.1) is 24.4 Å². The van der Waals surface area contributed by atoms with E-state index in [9.17, 15) is 4.57 Å². The molecule has 1 fully saturated rings. The van der Waals surface area contributed by atoms with Gasteiger partial charge in [-0.25, -0.2) is 4.98 Å². The number of methoxy groups -OCH3 is 1. The quantitative estimate of drug-likeness (QED) is 0.257. The average molecular weight is 565 g/mol. The van der Waals surface area contributed by atoms with E-state index < -0.39 is 8.25 Å². The highest BCUT2D eigenvalue weighted by Gasteiger charge is 2.19. The summed E-state index contributed by atoms with van der Waals surface area (Å²) < 4.78 is 29.2. The third-order valence-corrected chi connectivity index (χ3v) is 7.24. The number of hydrogen-bond donors (Lipinski definition) is 1. The monoisotopic (exact) mass is 564 g/mol. The Morgan fingerprint density at radius 1 is 1.13 bits per heavy atom. The summed E-state index contributed by atoms with van der Waals surface area (Å²) in [4.78, 5) is 20.5. The molecule has 38 heavy (non-hydrogen) atoms. The molecule has 0 spiro atoms. The fraction of sp³-hybridized carbons (Fsp3) is 0.500. The number of anilines is 1. The normalized spacial score (nSPS) is 15.2. The van der Waals surface area contributed by atoms with Crippen LogP contribution in [-0.2, 0) is 9.09 Å². The highest BCUT2D eigenvalue weighted by molar-refractivity contribution is 7.32. The van der Waals surface area contributed by atoms with Gasteiger partial charge in [-0.2, -0.15) is 0 Å². The van der Waals surface area contributed by atoms with Gasteiger partial charge in [0.2, 0.25) is 0 Å². The molecule has 3 aromatic rings. The number of aromatic nitrogens is 2. The summed E-state index contributed by atoms with van der Waals surface area (Å²) in [5.41, 5.74) is 3.55. The molecule has 0 bridgehead atoms. The Kier molecular flexibility index (Phi) is 10.2. The molecule has 1 aliphatic heterocycles. The summed E-state index contributed by atoms with van der Waals surface area (Å²) in [7, 11) is 3.14. The molecule has 2 aromatic heterocycles. The third-order valence-electron chi connectivity index (χ3n) is 6.54. The van der Waals surface area contributed by atoms with Gasteiger partial charge in [-0.3, -0.25) is 4.90 Å². The largest absolute Gasteiger partial charge is 0.694 e. The maximum atomic E-state index is 10.8. The van der Waals surface area contributed by atoms with Crippen molar-refractivity contribution in [2.24, 2.45) is 0 Å². The zero-order valence-electron chi connectivity index (χ0n) is 22.2. The molecule has 4 rings (SSSR count). The van der Waals surface area contributed by atoms with Crippen molar-refractivity contribution in [3.8, 4) is 22.8 Å². The topological polar surface area (TPSA) is 92.0 Å². The molecule has 1 saturated heterocycles. The van der Waals surface area contributed by atoms with Crippen molar-refractivity contribution in [2.75, 3.05) is 78.6 Å². The van der Waals surface area contributed by atoms with Crippen LogP contribution in [0.25, 0.3) is 16.9 Å². The summed E-state index contributed by atoms with van der Waals surface area (Å²) in [6, 6.07) is 7.88. The van der Waals surface area contributed by atoms with Crippen LogP contribution in [0.1, 0.15) is 12.8 Å². The van der Waals surface area contributed by atoms with Gasteiger partial charge in [0.1, 0.15) is 23.8 Å². The Morgan fingerprint density at radius 3 is 2.74 bits per heavy atom. The van der Waals surface area contributed by atoms with Crippen LogP contribution in [0.4, 0.5) is 5.69 Å². The Morgan fingerprint density at radius 2 is 1.97 bits per heavy atom. The number of imidazole rings is 1. The van der Waals surface area contributed by atoms with Gasteiger partial charge in [0.15, 0.2) is 0 Å². The molecule has 1 atom stereocenters. The number of rotatable bonds is 12. The lowest BCUT2D eigenvalue weighted by atomic mass is 10.1. The maximum Gasteiger partial charge on any atom is 0.694 e. The van der Waals surface area contributed by atoms with Gasteiger partial charge >= 0.3 is 8.25 Å². The van der Waals surface area contributed by atoms with E-state index in [1.54, 1.807) is 7.11 Å². The van der Waals surface area contributed by atoms with Gasteiger partial charge in [0.25, 0.3) is 0 Å². The van der Waals surface area contributed by atoms with Crippen molar-refractivity contribution < 1.29 is 23.5 Å². The van der Waals surface area contributed by atoms with E-state index in [4.69, 9.17) is 35.5 Å². The highest BCUT2D eigenvalue weighted by Crippen LogP contribution is 2.38. The minimum Gasteiger partial charge on any atom is -0.495 e. The fourth-order valence-electron chi connectivity index (χ4n) is 4.57. The van der Waals surface area contributed by atoms with Crippen molar-refractivity contribution in [1.29, 1.82) is 0 Å². The summed E-state index contributed by atoms with van der Waals surface area (Å²) in [6.07, 6.45) is 5.90. The summed E-state index contributed by atoms with van der Waals surface area (Å²) in [5, 5.41) is 0.506. The molecule has 12 heteroatoms. The van der Waals surface area contributed by atoms with E-state index in [1.165, 1.54) is 0 Å². The fourth-order valence-corrected chi connectivity index (χ4v) is 5.05. The van der Waals surface area contributed by atoms with Gasteiger partial charge in [-0.05, 0) is 45.6 Å². The van der Waals surface area contributed by atoms with Crippen LogP contribution in [-0.4, -0.2) is 97.8 Å². The van der Waals surface area contributed by atoms with Crippen molar-refractivity contribution in [1.82, 2.24) is 19.2 Å². The lowest BCUT2D eigenvalue weighted by molar-refractivity contribution is 0.209. The zero-order chi connectivity index (χ0) is 27.1. The maximum absolute atomic E-state index is 10.8. The predicted molar refractivity (Wildman–Crippen MR) is 150 cm³/mol. The molecule has 3 heterocycles. The minimum absolute atomic E-state index is 0.255. The molecule has 1 aromatic carbocycles. The second-order valence-corrected chi connectivity index (χ2v) is 10.7. The van der Waals surface area contributed by atoms with Gasteiger partial charge in [0, 0.05) is 73.1 Å². The molecule has 0 saturated carbocycles.